The van der Waals surface area contributed by atoms with Crippen molar-refractivity contribution in [2.75, 3.05) is 52.9 Å². The largest absolute Gasteiger partial charge is 0.505 e. The summed E-state index contributed by atoms with van der Waals surface area (Å²) < 4.78 is 10.7. The Hall–Kier alpha value is -7.74. The van der Waals surface area contributed by atoms with Crippen LogP contribution in [0.15, 0.2) is 60.7 Å². The molecule has 4 aromatic rings. The second-order valence-electron chi connectivity index (χ2n) is 20.7. The number of cyclic esters (lactones) is 2. The standard InChI is InChI=1S/C54H64N10O14S2/c1-10-79-50-41-49(74)64(9)54(22-27(54)3)52(76)78-24-34(59-44(69)39-37(65)19-30-15-11-13-17-32(30)57-39)42(67)55-28(4)46(71)61(6)36(25-80-50)48(73)63(8)53(21-26(53)2)51(75)77-23-35(43(68)56-29(5)47(72)62(41)7)60-45(70)40-38(66)20-31-16-12-14-18-33(31)58-40/h11-20,26-29,34-36,41,50,65-66H,10,21-25H2,1-9H3,(H,55,67)(H,56,68)(H,59,69)(H,60,70). The summed E-state index contributed by atoms with van der Waals surface area (Å²) in [5.41, 5.74) is -3.59. The van der Waals surface area contributed by atoms with Gasteiger partial charge in [-0.1, -0.05) is 57.2 Å². The zero-order valence-electron chi connectivity index (χ0n) is 45.5. The van der Waals surface area contributed by atoms with Crippen molar-refractivity contribution in [1.29, 1.82) is 0 Å². The van der Waals surface area contributed by atoms with Crippen LogP contribution in [0.25, 0.3) is 21.8 Å². The zero-order chi connectivity index (χ0) is 58.3. The van der Waals surface area contributed by atoms with E-state index in [-0.39, 0.29) is 18.6 Å². The molecule has 4 aliphatic rings. The molecule has 26 heteroatoms. The van der Waals surface area contributed by atoms with Gasteiger partial charge in [0.2, 0.25) is 35.4 Å². The molecule has 11 unspecified atom stereocenters. The molecular weight excluding hydrogens is 1080 g/mol. The Morgan fingerprint density at radius 2 is 1.07 bits per heavy atom. The van der Waals surface area contributed by atoms with Gasteiger partial charge in [0, 0.05) is 44.7 Å². The maximum atomic E-state index is 15.5. The number of benzene rings is 2. The molecule has 426 valence electrons. The van der Waals surface area contributed by atoms with Crippen LogP contribution >= 0.6 is 23.5 Å². The number of rotatable bonds is 6. The molecule has 2 aromatic carbocycles. The SMILES string of the molecule is CCSC1SCC2C(=O)N(C)C3(CC3C)C(=O)OCC(NC(=O)c3nc4ccccc4cc3O)C(=O)NC(C)C(=O)N(C)C1C(=O)N(C)C1(CC1C)C(=O)OCC(NC(=O)c1nc3ccccc3cc1O)C(=O)NC(C)C(=O)N2C. The van der Waals surface area contributed by atoms with Gasteiger partial charge in [-0.2, -0.15) is 0 Å². The number of hydrogen-bond donors (Lipinski definition) is 6. The highest BCUT2D eigenvalue weighted by molar-refractivity contribution is 8.17. The highest BCUT2D eigenvalue weighted by Gasteiger charge is 2.65. The van der Waals surface area contributed by atoms with Gasteiger partial charge in [0.15, 0.2) is 11.4 Å². The number of nitrogens with one attached hydrogen (secondary N) is 4. The molecule has 4 heterocycles. The number of nitrogens with zero attached hydrogens (tertiary/aromatic N) is 6. The second-order valence-corrected chi connectivity index (χ2v) is 23.6. The van der Waals surface area contributed by atoms with E-state index in [1.54, 1.807) is 69.3 Å². The summed E-state index contributed by atoms with van der Waals surface area (Å²) in [5, 5.41) is 32.9. The zero-order valence-corrected chi connectivity index (χ0v) is 47.1. The van der Waals surface area contributed by atoms with E-state index in [9.17, 15) is 48.6 Å². The van der Waals surface area contributed by atoms with Crippen LogP contribution in [0.4, 0.5) is 0 Å². The first-order valence-corrected chi connectivity index (χ1v) is 28.0. The first kappa shape index (κ1) is 58.4. The monoisotopic (exact) mass is 1140 g/mol. The maximum absolute atomic E-state index is 15.5. The van der Waals surface area contributed by atoms with Crippen LogP contribution in [-0.4, -0.2) is 204 Å². The highest BCUT2D eigenvalue weighted by atomic mass is 32.2. The van der Waals surface area contributed by atoms with Gasteiger partial charge in [0.1, 0.15) is 72.0 Å². The molecule has 11 atom stereocenters. The van der Waals surface area contributed by atoms with Gasteiger partial charge in [-0.05, 0) is 68.5 Å². The van der Waals surface area contributed by atoms with Crippen LogP contribution in [0.1, 0.15) is 68.4 Å². The third-order valence-electron chi connectivity index (χ3n) is 15.5. The third-order valence-corrected chi connectivity index (χ3v) is 18.4. The van der Waals surface area contributed by atoms with E-state index >= 15 is 9.59 Å². The third kappa shape index (κ3) is 11.1. The number of amides is 8. The highest BCUT2D eigenvalue weighted by Crippen LogP contribution is 2.51. The van der Waals surface area contributed by atoms with Gasteiger partial charge in [-0.15, -0.1) is 23.5 Å². The molecule has 2 saturated carbocycles. The molecule has 2 aromatic heterocycles. The average Bonchev–Trinajstić information content (AvgIpc) is 4.51. The molecule has 0 radical (unpaired) electrons. The van der Waals surface area contributed by atoms with Gasteiger partial charge in [0.25, 0.3) is 11.8 Å². The minimum atomic E-state index is -1.74. The van der Waals surface area contributed by atoms with Gasteiger partial charge < -0.3 is 60.6 Å². The fourth-order valence-electron chi connectivity index (χ4n) is 10.4. The smallest absolute Gasteiger partial charge is 0.332 e. The molecule has 2 bridgehead atoms. The van der Waals surface area contributed by atoms with E-state index in [1.807, 2.05) is 0 Å². The van der Waals surface area contributed by atoms with Crippen LogP contribution < -0.4 is 21.3 Å². The van der Waals surface area contributed by atoms with Crippen LogP contribution in [0.3, 0.4) is 0 Å². The maximum Gasteiger partial charge on any atom is 0.332 e. The van der Waals surface area contributed by atoms with Crippen LogP contribution in [0, 0.1) is 11.8 Å². The summed E-state index contributed by atoms with van der Waals surface area (Å²) >= 11 is 2.28. The minimum absolute atomic E-state index is 0.0710. The van der Waals surface area contributed by atoms with Crippen LogP contribution in [0.2, 0.25) is 0 Å². The number of esters is 2. The lowest BCUT2D eigenvalue weighted by atomic mass is 10.1. The van der Waals surface area contributed by atoms with Crippen LogP contribution in [-0.2, 0) is 47.8 Å². The molecule has 8 rings (SSSR count). The number of fused-ring (bicyclic) bond motifs is 6. The minimum Gasteiger partial charge on any atom is -0.505 e. The fourth-order valence-corrected chi connectivity index (χ4v) is 13.4. The van der Waals surface area contributed by atoms with E-state index < -0.39 is 159 Å². The number of aromatic hydroxyl groups is 2. The number of likely N-dealkylation sites (N-methyl/N-ethyl adjacent to an activating group) is 4. The van der Waals surface area contributed by atoms with Crippen molar-refractivity contribution in [3.05, 3.63) is 72.1 Å². The Bertz CT molecular complexity index is 3210. The van der Waals surface area contributed by atoms with E-state index in [0.29, 0.717) is 27.6 Å². The average molecular weight is 1140 g/mol. The summed E-state index contributed by atoms with van der Waals surface area (Å²) in [6, 6.07) is 6.62. The Labute approximate surface area is 468 Å². The summed E-state index contributed by atoms with van der Waals surface area (Å²) in [6.45, 7) is 6.17. The summed E-state index contributed by atoms with van der Waals surface area (Å²) in [6.07, 6.45) is 0.145. The molecule has 4 fully saturated rings. The summed E-state index contributed by atoms with van der Waals surface area (Å²) in [5.74, 6) is -11.3. The van der Waals surface area contributed by atoms with Crippen molar-refractivity contribution < 1.29 is 67.6 Å². The number of aromatic nitrogens is 2. The lowest BCUT2D eigenvalue weighted by Crippen LogP contribution is -2.61. The van der Waals surface area contributed by atoms with Crippen LogP contribution in [0.5, 0.6) is 11.5 Å². The van der Waals surface area contributed by atoms with E-state index in [1.165, 1.54) is 70.8 Å². The normalized spacial score (nSPS) is 29.5. The van der Waals surface area contributed by atoms with Crippen molar-refractivity contribution in [2.24, 2.45) is 11.8 Å². The quantitative estimate of drug-likeness (QED) is 0.148. The lowest BCUT2D eigenvalue weighted by molar-refractivity contribution is -0.161. The molecular formula is C54H64N10O14S2. The van der Waals surface area contributed by atoms with Gasteiger partial charge in [-0.25, -0.2) is 19.6 Å². The Morgan fingerprint density at radius 1 is 0.662 bits per heavy atom. The molecule has 8 amide bonds. The van der Waals surface area contributed by atoms with E-state index in [0.717, 1.165) is 26.5 Å². The number of para-hydroxylation sites is 2. The van der Waals surface area contributed by atoms with E-state index in [4.69, 9.17) is 9.47 Å². The van der Waals surface area contributed by atoms with Crippen molar-refractivity contribution in [3.8, 4) is 11.5 Å². The van der Waals surface area contributed by atoms with Crippen molar-refractivity contribution >= 4 is 105 Å². The Kier molecular flexibility index (Phi) is 16.9. The number of carbonyl (C=O) groups excluding carboxylic acids is 10. The van der Waals surface area contributed by atoms with E-state index in [2.05, 4.69) is 31.2 Å². The first-order chi connectivity index (χ1) is 37.9. The molecule has 24 nitrogen and oxygen atoms in total. The number of carbonyl (C=O) groups is 10. The first-order valence-electron chi connectivity index (χ1n) is 25.9. The van der Waals surface area contributed by atoms with Gasteiger partial charge in [-0.3, -0.25) is 38.4 Å². The van der Waals surface area contributed by atoms with Gasteiger partial charge >= 0.3 is 11.9 Å². The molecule has 2 saturated heterocycles. The Morgan fingerprint density at radius 3 is 1.50 bits per heavy atom. The molecule has 80 heavy (non-hydrogen) atoms. The van der Waals surface area contributed by atoms with Gasteiger partial charge in [0.05, 0.1) is 15.6 Å². The summed E-state index contributed by atoms with van der Waals surface area (Å²) in [7, 11) is 5.37. The molecule has 2 spiro atoms. The predicted molar refractivity (Wildman–Crippen MR) is 293 cm³/mol. The number of hydrogen-bond acceptors (Lipinski definition) is 18. The molecule has 2 aliphatic carbocycles. The number of ether oxygens (including phenoxy) is 2. The topological polar surface area (TPSA) is 316 Å². The summed E-state index contributed by atoms with van der Waals surface area (Å²) in [4.78, 5) is 159. The Balaban J connectivity index is 1.19. The number of thioether (sulfide) groups is 2. The van der Waals surface area contributed by atoms with Crippen molar-refractivity contribution in [3.63, 3.8) is 0 Å². The molecule has 2 aliphatic heterocycles. The number of pyridine rings is 2. The van der Waals surface area contributed by atoms with Crippen molar-refractivity contribution in [2.45, 2.75) is 99.4 Å². The molecule has 6 N–H and O–H groups in total. The fraction of sp³-hybridized carbons (Fsp3) is 0.481. The van der Waals surface area contributed by atoms with Crippen molar-refractivity contribution in [1.82, 2.24) is 50.8 Å². The second kappa shape index (κ2) is 23.2. The lowest BCUT2D eigenvalue weighted by Gasteiger charge is -2.40. The predicted octanol–water partition coefficient (Wildman–Crippen LogP) is 1.15.